The van der Waals surface area contributed by atoms with E-state index >= 15 is 0 Å². The zero-order chi connectivity index (χ0) is 11.6. The van der Waals surface area contributed by atoms with Crippen LogP contribution in [0.25, 0.3) is 0 Å². The molecule has 0 aromatic rings. The quantitative estimate of drug-likeness (QED) is 0.579. The highest BCUT2D eigenvalue weighted by Gasteiger charge is 2.24. The van der Waals surface area contributed by atoms with Crippen LogP contribution in [-0.4, -0.2) is 0 Å². The van der Waals surface area contributed by atoms with Crippen molar-refractivity contribution in [3.8, 4) is 6.07 Å². The van der Waals surface area contributed by atoms with Crippen LogP contribution in [0.1, 0.15) is 64.2 Å². The molecule has 2 aliphatic rings. The number of hydrogen-bond acceptors (Lipinski definition) is 1. The molecule has 0 amide bonds. The predicted molar refractivity (Wildman–Crippen MR) is 69.0 cm³/mol. The van der Waals surface area contributed by atoms with E-state index in [1.807, 2.05) is 0 Å². The van der Waals surface area contributed by atoms with Crippen molar-refractivity contribution in [2.75, 3.05) is 0 Å². The maximum atomic E-state index is 7.51. The Morgan fingerprint density at radius 3 is 1.38 bits per heavy atom. The summed E-state index contributed by atoms with van der Waals surface area (Å²) in [5, 5.41) is 7.51. The minimum atomic E-state index is 1.14. The van der Waals surface area contributed by atoms with Crippen LogP contribution in [0.4, 0.5) is 0 Å². The molecule has 0 saturated heterocycles. The van der Waals surface area contributed by atoms with E-state index < -0.39 is 0 Å². The fraction of sp³-hybridized carbons (Fsp3) is 0.800. The molecule has 0 heterocycles. The Morgan fingerprint density at radius 2 is 1.12 bits per heavy atom. The van der Waals surface area contributed by atoms with Crippen LogP contribution in [0.15, 0.2) is 12.7 Å². The van der Waals surface area contributed by atoms with Crippen LogP contribution in [-0.2, 0) is 0 Å². The highest BCUT2D eigenvalue weighted by molar-refractivity contribution is 4.93. The van der Waals surface area contributed by atoms with Crippen molar-refractivity contribution in [3.63, 3.8) is 0 Å². The Labute approximate surface area is 101 Å². The summed E-state index contributed by atoms with van der Waals surface area (Å²) < 4.78 is 0. The number of nitrogens with zero attached hydrogens (tertiary/aromatic N) is 1. The molecule has 2 rings (SSSR count). The smallest absolute Gasteiger partial charge is 0.0905 e. The van der Waals surface area contributed by atoms with Gasteiger partial charge in [0.2, 0.25) is 0 Å². The fourth-order valence-electron chi connectivity index (χ4n) is 3.21. The summed E-state index contributed by atoms with van der Waals surface area (Å²) >= 11 is 0. The van der Waals surface area contributed by atoms with Gasteiger partial charge in [0.25, 0.3) is 0 Å². The van der Waals surface area contributed by atoms with E-state index in [4.69, 9.17) is 5.26 Å². The van der Waals surface area contributed by atoms with E-state index in [1.165, 1.54) is 44.6 Å². The topological polar surface area (TPSA) is 23.8 Å². The first kappa shape index (κ1) is 13.3. The second-order valence-electron chi connectivity index (χ2n) is 5.13. The van der Waals surface area contributed by atoms with E-state index in [2.05, 4.69) is 6.58 Å². The van der Waals surface area contributed by atoms with E-state index in [0.29, 0.717) is 0 Å². The minimum Gasteiger partial charge on any atom is -0.193 e. The van der Waals surface area contributed by atoms with Gasteiger partial charge in [0.15, 0.2) is 0 Å². The zero-order valence-electron chi connectivity index (χ0n) is 10.5. The Hall–Kier alpha value is -0.770. The summed E-state index contributed by atoms with van der Waals surface area (Å²) in [7, 11) is 0. The van der Waals surface area contributed by atoms with Gasteiger partial charge in [-0.2, -0.15) is 5.26 Å². The van der Waals surface area contributed by atoms with Crippen LogP contribution in [0.3, 0.4) is 0 Å². The van der Waals surface area contributed by atoms with Gasteiger partial charge in [0.1, 0.15) is 0 Å². The van der Waals surface area contributed by atoms with Crippen LogP contribution < -0.4 is 0 Å². The summed E-state index contributed by atoms with van der Waals surface area (Å²) in [6, 6.07) is 1.69. The molecule has 0 radical (unpaired) electrons. The molecule has 0 bridgehead atoms. The molecule has 2 aliphatic carbocycles. The molecule has 1 heteroatoms. The lowest BCUT2D eigenvalue weighted by Gasteiger charge is -2.32. The molecular weight excluding hydrogens is 194 g/mol. The van der Waals surface area contributed by atoms with Crippen molar-refractivity contribution in [1.82, 2.24) is 0 Å². The summed E-state index contributed by atoms with van der Waals surface area (Å²) in [6.07, 6.45) is 16.6. The van der Waals surface area contributed by atoms with Crippen LogP contribution in [0.2, 0.25) is 0 Å². The number of allylic oxidation sites excluding steroid dienone is 1. The van der Waals surface area contributed by atoms with Crippen molar-refractivity contribution in [3.05, 3.63) is 12.7 Å². The molecule has 0 unspecified atom stereocenters. The van der Waals surface area contributed by atoms with Gasteiger partial charge >= 0.3 is 0 Å². The van der Waals surface area contributed by atoms with E-state index in [-0.39, 0.29) is 0 Å². The lowest BCUT2D eigenvalue weighted by Crippen LogP contribution is -2.20. The Kier molecular flexibility index (Phi) is 6.97. The van der Waals surface area contributed by atoms with Crippen LogP contribution in [0, 0.1) is 23.2 Å². The molecule has 16 heavy (non-hydrogen) atoms. The average Bonchev–Trinajstić information content (AvgIpc) is 2.41. The molecular formula is C15H25N. The molecule has 0 aromatic heterocycles. The Balaban J connectivity index is 0.000000280. The first-order valence-electron chi connectivity index (χ1n) is 6.89. The molecule has 0 atom stereocenters. The van der Waals surface area contributed by atoms with Crippen LogP contribution in [0.5, 0.6) is 0 Å². The molecule has 0 spiro atoms. The van der Waals surface area contributed by atoms with Gasteiger partial charge in [0.05, 0.1) is 6.07 Å². The largest absolute Gasteiger partial charge is 0.193 e. The van der Waals surface area contributed by atoms with Gasteiger partial charge < -0.3 is 0 Å². The minimum absolute atomic E-state index is 1.14. The van der Waals surface area contributed by atoms with Gasteiger partial charge in [-0.25, -0.2) is 0 Å². The third-order valence-electron chi connectivity index (χ3n) is 4.06. The van der Waals surface area contributed by atoms with E-state index in [1.54, 1.807) is 31.8 Å². The number of hydrogen-bond donors (Lipinski definition) is 0. The van der Waals surface area contributed by atoms with Crippen molar-refractivity contribution in [1.29, 1.82) is 5.26 Å². The van der Waals surface area contributed by atoms with E-state index in [9.17, 15) is 0 Å². The fourth-order valence-corrected chi connectivity index (χ4v) is 3.21. The maximum absolute atomic E-state index is 7.51. The zero-order valence-corrected chi connectivity index (χ0v) is 10.5. The average molecular weight is 219 g/mol. The van der Waals surface area contributed by atoms with Crippen molar-refractivity contribution in [2.24, 2.45) is 11.8 Å². The molecule has 2 fully saturated rings. The van der Waals surface area contributed by atoms with Crippen molar-refractivity contribution in [2.45, 2.75) is 64.2 Å². The van der Waals surface area contributed by atoms with Crippen molar-refractivity contribution < 1.29 is 0 Å². The normalized spacial score (nSPS) is 22.7. The SMILES string of the molecule is C1CCC(C2CCCCC2)CC1.C=CC#N. The summed E-state index contributed by atoms with van der Waals surface area (Å²) in [6.45, 7) is 3.12. The molecule has 0 aromatic carbocycles. The highest BCUT2D eigenvalue weighted by atomic mass is 14.3. The van der Waals surface area contributed by atoms with Crippen LogP contribution >= 0.6 is 0 Å². The Bertz CT molecular complexity index is 198. The van der Waals surface area contributed by atoms with Gasteiger partial charge in [-0.15, -0.1) is 0 Å². The monoisotopic (exact) mass is 219 g/mol. The predicted octanol–water partition coefficient (Wildman–Crippen LogP) is 4.84. The highest BCUT2D eigenvalue weighted by Crippen LogP contribution is 2.37. The number of nitriles is 1. The summed E-state index contributed by atoms with van der Waals surface area (Å²) in [5.41, 5.74) is 0. The second-order valence-corrected chi connectivity index (χ2v) is 5.13. The summed E-state index contributed by atoms with van der Waals surface area (Å²) in [5.74, 6) is 2.28. The third kappa shape index (κ3) is 4.84. The van der Waals surface area contributed by atoms with E-state index in [0.717, 1.165) is 11.8 Å². The maximum Gasteiger partial charge on any atom is 0.0905 e. The number of rotatable bonds is 1. The molecule has 0 aliphatic heterocycles. The summed E-state index contributed by atoms with van der Waals surface area (Å²) in [4.78, 5) is 0. The standard InChI is InChI=1S/C12H22.C3H3N/c1-3-7-11(8-4-1)12-9-5-2-6-10-12;1-2-3-4/h11-12H,1-10H2;2H,1H2. The van der Waals surface area contributed by atoms with Gasteiger partial charge in [0, 0.05) is 6.08 Å². The molecule has 1 nitrogen and oxygen atoms in total. The first-order valence-corrected chi connectivity index (χ1v) is 6.89. The third-order valence-corrected chi connectivity index (χ3v) is 4.06. The van der Waals surface area contributed by atoms with Gasteiger partial charge in [-0.05, 0) is 11.8 Å². The van der Waals surface area contributed by atoms with Gasteiger partial charge in [-0.1, -0.05) is 70.8 Å². The Morgan fingerprint density at radius 1 is 0.812 bits per heavy atom. The lowest BCUT2D eigenvalue weighted by atomic mass is 9.73. The van der Waals surface area contributed by atoms with Crippen molar-refractivity contribution >= 4 is 0 Å². The van der Waals surface area contributed by atoms with Gasteiger partial charge in [-0.3, -0.25) is 0 Å². The first-order chi connectivity index (χ1) is 7.88. The molecule has 0 N–H and O–H groups in total. The second kappa shape index (κ2) is 8.39. The lowest BCUT2D eigenvalue weighted by molar-refractivity contribution is 0.196. The molecule has 90 valence electrons. The molecule has 2 saturated carbocycles.